The van der Waals surface area contributed by atoms with Crippen LogP contribution in [0.3, 0.4) is 0 Å². The molecule has 1 heterocycles. The van der Waals surface area contributed by atoms with Gasteiger partial charge in [0.15, 0.2) is 0 Å². The van der Waals surface area contributed by atoms with Crippen molar-refractivity contribution in [1.82, 2.24) is 4.98 Å². The molecule has 0 fully saturated rings. The van der Waals surface area contributed by atoms with Crippen LogP contribution in [-0.2, 0) is 0 Å². The third-order valence-corrected chi connectivity index (χ3v) is 2.64. The lowest BCUT2D eigenvalue weighted by Crippen LogP contribution is -2.13. The second kappa shape index (κ2) is 4.23. The van der Waals surface area contributed by atoms with E-state index in [0.717, 1.165) is 22.6 Å². The van der Waals surface area contributed by atoms with Gasteiger partial charge in [0, 0.05) is 13.2 Å². The van der Waals surface area contributed by atoms with Crippen LogP contribution in [-0.4, -0.2) is 12.0 Å². The minimum absolute atomic E-state index is 0.784. The first-order valence-electron chi connectivity index (χ1n) is 5.19. The summed E-state index contributed by atoms with van der Waals surface area (Å²) >= 11 is 0. The van der Waals surface area contributed by atoms with E-state index in [-0.39, 0.29) is 0 Å². The molecule has 0 atom stereocenters. The SMILES string of the molecule is Cc1cccc(N)c1N(C)c1cccnc1. The van der Waals surface area contributed by atoms with Crippen molar-refractivity contribution >= 4 is 17.1 Å². The Hall–Kier alpha value is -2.03. The van der Waals surface area contributed by atoms with Gasteiger partial charge in [-0.15, -0.1) is 0 Å². The van der Waals surface area contributed by atoms with Crippen molar-refractivity contribution in [3.05, 3.63) is 48.3 Å². The molecule has 2 N–H and O–H groups in total. The van der Waals surface area contributed by atoms with E-state index in [1.54, 1.807) is 6.20 Å². The normalized spacial score (nSPS) is 10.1. The fourth-order valence-corrected chi connectivity index (χ4v) is 1.82. The summed E-state index contributed by atoms with van der Waals surface area (Å²) in [6.45, 7) is 2.05. The van der Waals surface area contributed by atoms with Crippen molar-refractivity contribution in [2.75, 3.05) is 17.7 Å². The topological polar surface area (TPSA) is 42.1 Å². The van der Waals surface area contributed by atoms with Crippen molar-refractivity contribution < 1.29 is 0 Å². The molecule has 3 nitrogen and oxygen atoms in total. The van der Waals surface area contributed by atoms with Gasteiger partial charge in [-0.25, -0.2) is 0 Å². The minimum atomic E-state index is 0.784. The molecule has 16 heavy (non-hydrogen) atoms. The lowest BCUT2D eigenvalue weighted by atomic mass is 10.1. The average Bonchev–Trinajstić information content (AvgIpc) is 2.30. The van der Waals surface area contributed by atoms with Crippen LogP contribution < -0.4 is 10.6 Å². The van der Waals surface area contributed by atoms with Crippen LogP contribution in [0.1, 0.15) is 5.56 Å². The number of para-hydroxylation sites is 1. The van der Waals surface area contributed by atoms with Crippen molar-refractivity contribution in [3.63, 3.8) is 0 Å². The van der Waals surface area contributed by atoms with E-state index >= 15 is 0 Å². The predicted octanol–water partition coefficient (Wildman–Crippen LogP) is 2.74. The molecular weight excluding hydrogens is 198 g/mol. The number of aryl methyl sites for hydroxylation is 1. The van der Waals surface area contributed by atoms with Gasteiger partial charge in [0.1, 0.15) is 0 Å². The predicted molar refractivity (Wildman–Crippen MR) is 67.9 cm³/mol. The highest BCUT2D eigenvalue weighted by Crippen LogP contribution is 2.31. The number of nitrogens with two attached hydrogens (primary N) is 1. The largest absolute Gasteiger partial charge is 0.397 e. The van der Waals surface area contributed by atoms with Gasteiger partial charge in [0.2, 0.25) is 0 Å². The number of rotatable bonds is 2. The third-order valence-electron chi connectivity index (χ3n) is 2.64. The van der Waals surface area contributed by atoms with Crippen LogP contribution in [0, 0.1) is 6.92 Å². The van der Waals surface area contributed by atoms with Gasteiger partial charge in [-0.1, -0.05) is 12.1 Å². The molecule has 0 spiro atoms. The molecule has 0 aliphatic heterocycles. The molecule has 0 bridgehead atoms. The van der Waals surface area contributed by atoms with Crippen LogP contribution in [0.4, 0.5) is 17.1 Å². The highest BCUT2D eigenvalue weighted by atomic mass is 15.1. The molecule has 0 aliphatic carbocycles. The van der Waals surface area contributed by atoms with Gasteiger partial charge in [-0.3, -0.25) is 4.98 Å². The summed E-state index contributed by atoms with van der Waals surface area (Å²) in [7, 11) is 2.00. The van der Waals surface area contributed by atoms with Crippen molar-refractivity contribution in [2.45, 2.75) is 6.92 Å². The Morgan fingerprint density at radius 1 is 1.19 bits per heavy atom. The standard InChI is InChI=1S/C13H15N3/c1-10-5-3-7-12(14)13(10)16(2)11-6-4-8-15-9-11/h3-9H,14H2,1-2H3. The zero-order chi connectivity index (χ0) is 11.5. The number of hydrogen-bond donors (Lipinski definition) is 1. The van der Waals surface area contributed by atoms with Gasteiger partial charge in [-0.2, -0.15) is 0 Å². The Morgan fingerprint density at radius 3 is 2.62 bits per heavy atom. The van der Waals surface area contributed by atoms with Crippen molar-refractivity contribution in [3.8, 4) is 0 Å². The molecule has 0 amide bonds. The van der Waals surface area contributed by atoms with Crippen LogP contribution in [0.25, 0.3) is 0 Å². The first-order chi connectivity index (χ1) is 7.70. The summed E-state index contributed by atoms with van der Waals surface area (Å²) in [5.41, 5.74) is 10.0. The van der Waals surface area contributed by atoms with Crippen molar-refractivity contribution in [2.24, 2.45) is 0 Å². The van der Waals surface area contributed by atoms with Crippen molar-refractivity contribution in [1.29, 1.82) is 0 Å². The Morgan fingerprint density at radius 2 is 2.00 bits per heavy atom. The van der Waals surface area contributed by atoms with Crippen LogP contribution in [0.2, 0.25) is 0 Å². The summed E-state index contributed by atoms with van der Waals surface area (Å²) in [5.74, 6) is 0. The molecule has 0 aliphatic rings. The second-order valence-corrected chi connectivity index (χ2v) is 3.78. The maximum absolute atomic E-state index is 6.00. The molecule has 0 saturated carbocycles. The highest BCUT2D eigenvalue weighted by Gasteiger charge is 2.09. The maximum atomic E-state index is 6.00. The smallest absolute Gasteiger partial charge is 0.0671 e. The summed E-state index contributed by atoms with van der Waals surface area (Å²) < 4.78 is 0. The molecular formula is C13H15N3. The van der Waals surface area contributed by atoms with E-state index < -0.39 is 0 Å². The summed E-state index contributed by atoms with van der Waals surface area (Å²) in [4.78, 5) is 6.16. The second-order valence-electron chi connectivity index (χ2n) is 3.78. The van der Waals surface area contributed by atoms with Gasteiger partial charge in [0.25, 0.3) is 0 Å². The Balaban J connectivity index is 2.46. The fourth-order valence-electron chi connectivity index (χ4n) is 1.82. The Labute approximate surface area is 95.5 Å². The number of nitrogen functional groups attached to an aromatic ring is 1. The fraction of sp³-hybridized carbons (Fsp3) is 0.154. The first kappa shape index (κ1) is 10.5. The van der Waals surface area contributed by atoms with Crippen LogP contribution in [0.15, 0.2) is 42.7 Å². The van der Waals surface area contributed by atoms with Gasteiger partial charge >= 0.3 is 0 Å². The molecule has 1 aromatic carbocycles. The van der Waals surface area contributed by atoms with Gasteiger partial charge in [-0.05, 0) is 30.7 Å². The zero-order valence-corrected chi connectivity index (χ0v) is 9.51. The van der Waals surface area contributed by atoms with E-state index in [1.165, 1.54) is 0 Å². The van der Waals surface area contributed by atoms with Crippen LogP contribution in [0.5, 0.6) is 0 Å². The molecule has 0 saturated heterocycles. The highest BCUT2D eigenvalue weighted by molar-refractivity contribution is 5.76. The first-order valence-corrected chi connectivity index (χ1v) is 5.19. The lowest BCUT2D eigenvalue weighted by molar-refractivity contribution is 1.16. The average molecular weight is 213 g/mol. The number of hydrogen-bond acceptors (Lipinski definition) is 3. The number of nitrogens with zero attached hydrogens (tertiary/aromatic N) is 2. The molecule has 0 radical (unpaired) electrons. The quantitative estimate of drug-likeness (QED) is 0.780. The third kappa shape index (κ3) is 1.84. The molecule has 2 aromatic rings. The van der Waals surface area contributed by atoms with E-state index in [9.17, 15) is 0 Å². The maximum Gasteiger partial charge on any atom is 0.0671 e. The Kier molecular flexibility index (Phi) is 2.77. The summed E-state index contributed by atoms with van der Waals surface area (Å²) in [6.07, 6.45) is 3.59. The van der Waals surface area contributed by atoms with E-state index in [1.807, 2.05) is 37.5 Å². The summed E-state index contributed by atoms with van der Waals surface area (Å²) in [6, 6.07) is 9.86. The number of aromatic nitrogens is 1. The Bertz CT molecular complexity index is 460. The molecule has 0 unspecified atom stereocenters. The number of benzene rings is 1. The number of pyridine rings is 1. The molecule has 2 rings (SSSR count). The van der Waals surface area contributed by atoms with E-state index in [2.05, 4.69) is 22.9 Å². The molecule has 1 aromatic heterocycles. The molecule has 3 heteroatoms. The minimum Gasteiger partial charge on any atom is -0.397 e. The van der Waals surface area contributed by atoms with Gasteiger partial charge < -0.3 is 10.6 Å². The molecule has 82 valence electrons. The van der Waals surface area contributed by atoms with Gasteiger partial charge in [0.05, 0.1) is 23.3 Å². The number of anilines is 3. The van der Waals surface area contributed by atoms with E-state index in [4.69, 9.17) is 5.73 Å². The van der Waals surface area contributed by atoms with E-state index in [0.29, 0.717) is 0 Å². The summed E-state index contributed by atoms with van der Waals surface area (Å²) in [5, 5.41) is 0. The lowest BCUT2D eigenvalue weighted by Gasteiger charge is -2.22. The zero-order valence-electron chi connectivity index (χ0n) is 9.51. The van der Waals surface area contributed by atoms with Crippen LogP contribution >= 0.6 is 0 Å². The monoisotopic (exact) mass is 213 g/mol.